The van der Waals surface area contributed by atoms with Crippen LogP contribution in [0.1, 0.15) is 51.0 Å². The van der Waals surface area contributed by atoms with Crippen LogP contribution in [0, 0.1) is 11.8 Å². The molecule has 1 fully saturated rings. The fraction of sp³-hybridized carbons (Fsp3) is 0.579. The number of carbonyl (C=O) groups is 2. The molecule has 0 aliphatic heterocycles. The predicted molar refractivity (Wildman–Crippen MR) is 91.8 cm³/mol. The van der Waals surface area contributed by atoms with E-state index in [4.69, 9.17) is 9.84 Å². The number of aliphatic carboxylic acids is 1. The van der Waals surface area contributed by atoms with Gasteiger partial charge in [-0.15, -0.1) is 0 Å². The van der Waals surface area contributed by atoms with E-state index in [-0.39, 0.29) is 17.7 Å². The molecular formula is C19H27NO4. The summed E-state index contributed by atoms with van der Waals surface area (Å²) in [6.07, 6.45) is 4.62. The van der Waals surface area contributed by atoms with E-state index in [0.717, 1.165) is 24.2 Å². The van der Waals surface area contributed by atoms with Crippen molar-refractivity contribution in [2.45, 2.75) is 52.0 Å². The lowest BCUT2D eigenvalue weighted by molar-refractivity contribution is -0.144. The van der Waals surface area contributed by atoms with Crippen LogP contribution in [0.4, 0.5) is 0 Å². The van der Waals surface area contributed by atoms with E-state index in [1.54, 1.807) is 0 Å². The van der Waals surface area contributed by atoms with Gasteiger partial charge in [0.2, 0.25) is 5.91 Å². The molecule has 0 spiro atoms. The fourth-order valence-corrected chi connectivity index (χ4v) is 3.02. The summed E-state index contributed by atoms with van der Waals surface area (Å²) in [6.45, 7) is 3.31. The summed E-state index contributed by atoms with van der Waals surface area (Å²) in [6, 6.07) is 7.78. The van der Waals surface area contributed by atoms with Crippen LogP contribution in [0.3, 0.4) is 0 Å². The second-order valence-electron chi connectivity index (χ2n) is 6.45. The average molecular weight is 333 g/mol. The van der Waals surface area contributed by atoms with Gasteiger partial charge in [-0.05, 0) is 49.8 Å². The number of carboxylic acid groups (broad SMARTS) is 1. The zero-order valence-electron chi connectivity index (χ0n) is 14.3. The van der Waals surface area contributed by atoms with E-state index in [2.05, 4.69) is 12.2 Å². The minimum Gasteiger partial charge on any atom is -0.494 e. The van der Waals surface area contributed by atoms with Crippen LogP contribution in [-0.2, 0) is 16.1 Å². The van der Waals surface area contributed by atoms with Crippen LogP contribution in [0.25, 0.3) is 0 Å². The minimum atomic E-state index is -0.742. The summed E-state index contributed by atoms with van der Waals surface area (Å²) in [7, 11) is 0. The quantitative estimate of drug-likeness (QED) is 0.715. The lowest BCUT2D eigenvalue weighted by Gasteiger charge is -2.25. The lowest BCUT2D eigenvalue weighted by atomic mass is 9.81. The molecular weight excluding hydrogens is 306 g/mol. The van der Waals surface area contributed by atoms with Crippen molar-refractivity contribution in [2.24, 2.45) is 11.8 Å². The van der Waals surface area contributed by atoms with Gasteiger partial charge in [0.15, 0.2) is 0 Å². The predicted octanol–water partition coefficient (Wildman–Crippen LogP) is 3.37. The molecule has 1 amide bonds. The zero-order chi connectivity index (χ0) is 17.4. The van der Waals surface area contributed by atoms with E-state index in [9.17, 15) is 9.59 Å². The van der Waals surface area contributed by atoms with Gasteiger partial charge in [-0.3, -0.25) is 9.59 Å². The number of carboxylic acids is 1. The van der Waals surface area contributed by atoms with Crippen molar-refractivity contribution in [3.8, 4) is 5.75 Å². The molecule has 5 heteroatoms. The smallest absolute Gasteiger partial charge is 0.306 e. The van der Waals surface area contributed by atoms with Crippen molar-refractivity contribution in [3.05, 3.63) is 29.8 Å². The van der Waals surface area contributed by atoms with Gasteiger partial charge in [0.05, 0.1) is 12.5 Å². The van der Waals surface area contributed by atoms with E-state index < -0.39 is 5.97 Å². The fourth-order valence-electron chi connectivity index (χ4n) is 3.02. The zero-order valence-corrected chi connectivity index (χ0v) is 14.3. The molecule has 1 aliphatic rings. The Hall–Kier alpha value is -2.04. The van der Waals surface area contributed by atoms with Crippen LogP contribution < -0.4 is 10.1 Å². The van der Waals surface area contributed by atoms with Crippen molar-refractivity contribution in [2.75, 3.05) is 6.61 Å². The number of hydrogen-bond donors (Lipinski definition) is 2. The Labute approximate surface area is 143 Å². The summed E-state index contributed by atoms with van der Waals surface area (Å²) in [5.41, 5.74) is 1.01. The number of nitrogens with one attached hydrogen (secondary N) is 1. The van der Waals surface area contributed by atoms with Gasteiger partial charge in [-0.25, -0.2) is 0 Å². The number of ether oxygens (including phenoxy) is 1. The molecule has 0 radical (unpaired) electrons. The Morgan fingerprint density at radius 3 is 2.58 bits per heavy atom. The molecule has 5 nitrogen and oxygen atoms in total. The minimum absolute atomic E-state index is 0.0242. The first-order chi connectivity index (χ1) is 11.6. The van der Waals surface area contributed by atoms with Gasteiger partial charge in [-0.1, -0.05) is 25.5 Å². The summed E-state index contributed by atoms with van der Waals surface area (Å²) in [5.74, 6) is -0.238. The topological polar surface area (TPSA) is 75.6 Å². The van der Waals surface area contributed by atoms with Crippen molar-refractivity contribution in [1.29, 1.82) is 0 Å². The van der Waals surface area contributed by atoms with Gasteiger partial charge in [0.1, 0.15) is 5.75 Å². The molecule has 132 valence electrons. The highest BCUT2D eigenvalue weighted by Gasteiger charge is 2.29. The number of rotatable bonds is 8. The molecule has 0 unspecified atom stereocenters. The third-order valence-corrected chi connectivity index (χ3v) is 4.58. The molecule has 1 aromatic rings. The number of hydrogen-bond acceptors (Lipinski definition) is 3. The second kappa shape index (κ2) is 9.30. The average Bonchev–Trinajstić information content (AvgIpc) is 2.60. The summed E-state index contributed by atoms with van der Waals surface area (Å²) in [5, 5.41) is 12.0. The molecule has 0 aromatic heterocycles. The van der Waals surface area contributed by atoms with Gasteiger partial charge in [0.25, 0.3) is 0 Å². The van der Waals surface area contributed by atoms with E-state index in [1.165, 1.54) is 0 Å². The number of benzene rings is 1. The molecule has 0 saturated heterocycles. The first-order valence-corrected chi connectivity index (χ1v) is 8.82. The van der Waals surface area contributed by atoms with Gasteiger partial charge < -0.3 is 15.2 Å². The lowest BCUT2D eigenvalue weighted by Crippen LogP contribution is -2.34. The van der Waals surface area contributed by atoms with E-state index in [1.807, 2.05) is 24.3 Å². The van der Waals surface area contributed by atoms with Crippen LogP contribution in [0.2, 0.25) is 0 Å². The van der Waals surface area contributed by atoms with Crippen molar-refractivity contribution >= 4 is 11.9 Å². The highest BCUT2D eigenvalue weighted by molar-refractivity contribution is 5.79. The maximum atomic E-state index is 12.3. The van der Waals surface area contributed by atoms with Gasteiger partial charge in [0, 0.05) is 12.5 Å². The van der Waals surface area contributed by atoms with Gasteiger partial charge >= 0.3 is 5.97 Å². The molecule has 0 heterocycles. The van der Waals surface area contributed by atoms with Crippen LogP contribution >= 0.6 is 0 Å². The van der Waals surface area contributed by atoms with E-state index in [0.29, 0.717) is 38.8 Å². The van der Waals surface area contributed by atoms with Crippen molar-refractivity contribution in [3.63, 3.8) is 0 Å². The number of carbonyl (C=O) groups excluding carboxylic acids is 1. The summed E-state index contributed by atoms with van der Waals surface area (Å²) in [4.78, 5) is 23.2. The highest BCUT2D eigenvalue weighted by atomic mass is 16.5. The first kappa shape index (κ1) is 18.3. The monoisotopic (exact) mass is 333 g/mol. The van der Waals surface area contributed by atoms with Crippen molar-refractivity contribution < 1.29 is 19.4 Å². The first-order valence-electron chi connectivity index (χ1n) is 8.82. The SMILES string of the molecule is CCCCOc1cccc(CNC(=O)C2CCC(C(=O)O)CC2)c1. The maximum Gasteiger partial charge on any atom is 0.306 e. The molecule has 0 bridgehead atoms. The number of amides is 1. The third kappa shape index (κ3) is 5.55. The Kier molecular flexibility index (Phi) is 7.09. The second-order valence-corrected chi connectivity index (χ2v) is 6.45. The highest BCUT2D eigenvalue weighted by Crippen LogP contribution is 2.29. The summed E-state index contributed by atoms with van der Waals surface area (Å²) < 4.78 is 5.68. The third-order valence-electron chi connectivity index (χ3n) is 4.58. The normalized spacial score (nSPS) is 20.4. The van der Waals surface area contributed by atoms with Crippen molar-refractivity contribution in [1.82, 2.24) is 5.32 Å². The largest absolute Gasteiger partial charge is 0.494 e. The van der Waals surface area contributed by atoms with Crippen LogP contribution in [0.5, 0.6) is 5.75 Å². The molecule has 2 rings (SSSR count). The Bertz CT molecular complexity index is 550. The molecule has 24 heavy (non-hydrogen) atoms. The van der Waals surface area contributed by atoms with Crippen LogP contribution in [-0.4, -0.2) is 23.6 Å². The Morgan fingerprint density at radius 1 is 1.21 bits per heavy atom. The molecule has 2 N–H and O–H groups in total. The van der Waals surface area contributed by atoms with Gasteiger partial charge in [-0.2, -0.15) is 0 Å². The molecule has 1 aromatic carbocycles. The Balaban J connectivity index is 1.77. The molecule has 1 saturated carbocycles. The van der Waals surface area contributed by atoms with E-state index >= 15 is 0 Å². The standard InChI is InChI=1S/C19H27NO4/c1-2-3-11-24-17-6-4-5-14(12-17)13-20-18(21)15-7-9-16(10-8-15)19(22)23/h4-6,12,15-16H,2-3,7-11,13H2,1H3,(H,20,21)(H,22,23). The van der Waals surface area contributed by atoms with Crippen LogP contribution in [0.15, 0.2) is 24.3 Å². The maximum absolute atomic E-state index is 12.3. The number of unbranched alkanes of at least 4 members (excludes halogenated alkanes) is 1. The summed E-state index contributed by atoms with van der Waals surface area (Å²) >= 11 is 0. The molecule has 0 atom stereocenters. The Morgan fingerprint density at radius 2 is 1.92 bits per heavy atom. The molecule has 1 aliphatic carbocycles.